The molecule has 3 heterocycles. The van der Waals surface area contributed by atoms with Crippen molar-refractivity contribution in [3.63, 3.8) is 0 Å². The lowest BCUT2D eigenvalue weighted by Gasteiger charge is -2.26. The summed E-state index contributed by atoms with van der Waals surface area (Å²) >= 11 is 1.38. The van der Waals surface area contributed by atoms with Gasteiger partial charge in [-0.1, -0.05) is 17.4 Å². The molecule has 0 radical (unpaired) electrons. The van der Waals surface area contributed by atoms with Gasteiger partial charge in [-0.25, -0.2) is 13.4 Å². The molecule has 1 aliphatic heterocycles. The number of morpholine rings is 1. The van der Waals surface area contributed by atoms with Gasteiger partial charge in [0, 0.05) is 24.8 Å². The van der Waals surface area contributed by atoms with Gasteiger partial charge >= 0.3 is 0 Å². The fourth-order valence-corrected chi connectivity index (χ4v) is 6.28. The van der Waals surface area contributed by atoms with Gasteiger partial charge in [0.05, 0.1) is 47.7 Å². The first-order valence-corrected chi connectivity index (χ1v) is 13.6. The van der Waals surface area contributed by atoms with Crippen LogP contribution in [0.15, 0.2) is 71.8 Å². The number of thiazole rings is 1. The number of carbonyl (C=O) groups excluding carboxylic acids is 1. The first kappa shape index (κ1) is 24.3. The molecule has 0 atom stereocenters. The van der Waals surface area contributed by atoms with Crippen LogP contribution in [0.2, 0.25) is 0 Å². The summed E-state index contributed by atoms with van der Waals surface area (Å²) < 4.78 is 38.8. The van der Waals surface area contributed by atoms with E-state index in [0.717, 1.165) is 10.2 Å². The monoisotopic (exact) mass is 524 g/mol. The highest BCUT2D eigenvalue weighted by atomic mass is 32.2. The van der Waals surface area contributed by atoms with Crippen LogP contribution in [0.5, 0.6) is 5.75 Å². The van der Waals surface area contributed by atoms with Gasteiger partial charge in [0.1, 0.15) is 5.75 Å². The summed E-state index contributed by atoms with van der Waals surface area (Å²) in [4.78, 5) is 24.4. The molecule has 0 bridgehead atoms. The number of methoxy groups -OCH3 is 1. The van der Waals surface area contributed by atoms with E-state index in [1.54, 1.807) is 18.2 Å². The van der Waals surface area contributed by atoms with Crippen LogP contribution in [0.4, 0.5) is 5.13 Å². The average Bonchev–Trinajstić information content (AvgIpc) is 3.35. The second-order valence-electron chi connectivity index (χ2n) is 8.08. The number of amides is 1. The molecule has 1 amide bonds. The maximum atomic E-state index is 13.7. The highest BCUT2D eigenvalue weighted by Gasteiger charge is 2.27. The number of hydrogen-bond acceptors (Lipinski definition) is 8. The van der Waals surface area contributed by atoms with Crippen molar-refractivity contribution in [3.05, 3.63) is 78.1 Å². The van der Waals surface area contributed by atoms with Crippen molar-refractivity contribution in [2.45, 2.75) is 11.4 Å². The minimum Gasteiger partial charge on any atom is -0.497 e. The Bertz CT molecular complexity index is 1470. The van der Waals surface area contributed by atoms with Crippen molar-refractivity contribution in [1.29, 1.82) is 0 Å². The van der Waals surface area contributed by atoms with Crippen molar-refractivity contribution in [2.75, 3.05) is 38.3 Å². The molecular weight excluding hydrogens is 500 g/mol. The number of sulfonamides is 1. The van der Waals surface area contributed by atoms with Gasteiger partial charge in [0.25, 0.3) is 5.91 Å². The van der Waals surface area contributed by atoms with Crippen LogP contribution in [0.25, 0.3) is 10.2 Å². The summed E-state index contributed by atoms with van der Waals surface area (Å²) in [7, 11) is -2.05. The van der Waals surface area contributed by atoms with E-state index in [4.69, 9.17) is 9.47 Å². The summed E-state index contributed by atoms with van der Waals surface area (Å²) in [5, 5.41) is 0.513. The Labute approximate surface area is 213 Å². The number of rotatable bonds is 7. The van der Waals surface area contributed by atoms with Crippen LogP contribution < -0.4 is 9.64 Å². The smallest absolute Gasteiger partial charge is 0.260 e. The van der Waals surface area contributed by atoms with Gasteiger partial charge in [-0.05, 0) is 54.6 Å². The Morgan fingerprint density at radius 3 is 2.58 bits per heavy atom. The molecule has 0 aliphatic carbocycles. The molecule has 1 saturated heterocycles. The lowest BCUT2D eigenvalue weighted by molar-refractivity contribution is 0.0730. The van der Waals surface area contributed by atoms with Crippen LogP contribution >= 0.6 is 11.3 Å². The Hall–Kier alpha value is -3.38. The number of nitrogens with zero attached hydrogens (tertiary/aromatic N) is 4. The fourth-order valence-electron chi connectivity index (χ4n) is 3.88. The third-order valence-electron chi connectivity index (χ3n) is 5.82. The van der Waals surface area contributed by atoms with E-state index >= 15 is 0 Å². The second kappa shape index (κ2) is 10.3. The predicted molar refractivity (Wildman–Crippen MR) is 137 cm³/mol. The number of anilines is 1. The zero-order chi connectivity index (χ0) is 25.1. The Kier molecular flexibility index (Phi) is 6.97. The van der Waals surface area contributed by atoms with E-state index in [0.29, 0.717) is 48.4 Å². The summed E-state index contributed by atoms with van der Waals surface area (Å²) in [6, 6.07) is 17.1. The number of ether oxygens (including phenoxy) is 2. The van der Waals surface area contributed by atoms with Gasteiger partial charge in [0.2, 0.25) is 10.0 Å². The van der Waals surface area contributed by atoms with Crippen molar-refractivity contribution >= 4 is 42.6 Å². The van der Waals surface area contributed by atoms with E-state index in [9.17, 15) is 13.2 Å². The quantitative estimate of drug-likeness (QED) is 0.364. The lowest BCUT2D eigenvalue weighted by atomic mass is 10.2. The number of fused-ring (bicyclic) bond motifs is 1. The van der Waals surface area contributed by atoms with Gasteiger partial charge < -0.3 is 9.47 Å². The number of hydrogen-bond donors (Lipinski definition) is 0. The predicted octanol–water partition coefficient (Wildman–Crippen LogP) is 3.57. The van der Waals surface area contributed by atoms with Crippen LogP contribution in [0.3, 0.4) is 0 Å². The summed E-state index contributed by atoms with van der Waals surface area (Å²) in [5.41, 5.74) is 1.81. The molecule has 0 spiro atoms. The van der Waals surface area contributed by atoms with Crippen LogP contribution in [0.1, 0.15) is 16.1 Å². The molecule has 0 N–H and O–H groups in total. The minimum absolute atomic E-state index is 0.143. The third kappa shape index (κ3) is 4.96. The van der Waals surface area contributed by atoms with Crippen LogP contribution in [-0.4, -0.2) is 62.0 Å². The maximum Gasteiger partial charge on any atom is 0.260 e. The number of benzene rings is 2. The highest BCUT2D eigenvalue weighted by molar-refractivity contribution is 7.89. The fraction of sp³-hybridized carbons (Fsp3) is 0.240. The van der Waals surface area contributed by atoms with E-state index in [1.807, 2.05) is 36.4 Å². The summed E-state index contributed by atoms with van der Waals surface area (Å²) in [6.45, 7) is 1.57. The van der Waals surface area contributed by atoms with Crippen molar-refractivity contribution < 1.29 is 22.7 Å². The number of aromatic nitrogens is 2. The zero-order valence-corrected chi connectivity index (χ0v) is 21.2. The summed E-state index contributed by atoms with van der Waals surface area (Å²) in [6.07, 6.45) is 1.67. The van der Waals surface area contributed by atoms with Crippen molar-refractivity contribution in [3.8, 4) is 5.75 Å². The maximum absolute atomic E-state index is 13.7. The topological polar surface area (TPSA) is 102 Å². The molecule has 186 valence electrons. The molecule has 0 saturated carbocycles. The van der Waals surface area contributed by atoms with E-state index in [2.05, 4.69) is 9.97 Å². The average molecular weight is 525 g/mol. The lowest BCUT2D eigenvalue weighted by Crippen LogP contribution is -2.40. The first-order chi connectivity index (χ1) is 17.5. The minimum atomic E-state index is -3.65. The van der Waals surface area contributed by atoms with Crippen LogP contribution in [-0.2, 0) is 21.3 Å². The van der Waals surface area contributed by atoms with E-state index in [1.165, 1.54) is 39.9 Å². The SMILES string of the molecule is COc1ccc2nc(N(Cc3ccccn3)C(=O)c3ccc(S(=O)(=O)N4CCOCC4)cc3)sc2c1. The van der Waals surface area contributed by atoms with Crippen LogP contribution in [0, 0.1) is 0 Å². The zero-order valence-electron chi connectivity index (χ0n) is 19.5. The molecule has 5 rings (SSSR count). The second-order valence-corrected chi connectivity index (χ2v) is 11.0. The summed E-state index contributed by atoms with van der Waals surface area (Å²) in [5.74, 6) is 0.402. The molecule has 0 unspecified atom stereocenters. The molecule has 2 aromatic carbocycles. The molecular formula is C25H24N4O5S2. The van der Waals surface area contributed by atoms with E-state index < -0.39 is 10.0 Å². The molecule has 1 aliphatic rings. The molecule has 9 nitrogen and oxygen atoms in total. The standard InChI is InChI=1S/C25H24N4O5S2/c1-33-20-7-10-22-23(16-20)35-25(27-22)29(17-19-4-2-3-11-26-19)24(30)18-5-8-21(9-6-18)36(31,32)28-12-14-34-15-13-28/h2-11,16H,12-15,17H2,1H3. The Balaban J connectivity index is 1.47. The Morgan fingerprint density at radius 1 is 1.11 bits per heavy atom. The first-order valence-electron chi connectivity index (χ1n) is 11.3. The third-order valence-corrected chi connectivity index (χ3v) is 8.77. The van der Waals surface area contributed by atoms with Gasteiger partial charge in [0.15, 0.2) is 5.13 Å². The number of pyridine rings is 1. The molecule has 11 heteroatoms. The van der Waals surface area contributed by atoms with Gasteiger partial charge in [-0.2, -0.15) is 4.31 Å². The van der Waals surface area contributed by atoms with Gasteiger partial charge in [-0.15, -0.1) is 0 Å². The molecule has 36 heavy (non-hydrogen) atoms. The Morgan fingerprint density at radius 2 is 1.89 bits per heavy atom. The normalized spacial score (nSPS) is 14.6. The number of carbonyl (C=O) groups is 1. The van der Waals surface area contributed by atoms with Crippen molar-refractivity contribution in [1.82, 2.24) is 14.3 Å². The molecule has 2 aromatic heterocycles. The molecule has 1 fully saturated rings. The van der Waals surface area contributed by atoms with E-state index in [-0.39, 0.29) is 17.3 Å². The van der Waals surface area contributed by atoms with Crippen molar-refractivity contribution in [2.24, 2.45) is 0 Å². The van der Waals surface area contributed by atoms with Gasteiger partial charge in [-0.3, -0.25) is 14.7 Å². The largest absolute Gasteiger partial charge is 0.497 e. The highest BCUT2D eigenvalue weighted by Crippen LogP contribution is 2.33. The molecule has 4 aromatic rings.